The standard InChI is InChI=1S/C13H14N4O2/c1-17-7-5-8-9(4-6-14-12(8)17)15-10-2-3-11(18)16-13(10)19/h4-7,10H,2-3H2,1H3,(H,14,15)(H,16,18,19). The zero-order chi connectivity index (χ0) is 13.4. The molecular formula is C13H14N4O2. The molecule has 1 aliphatic heterocycles. The van der Waals surface area contributed by atoms with Crippen LogP contribution in [0.3, 0.4) is 0 Å². The minimum Gasteiger partial charge on any atom is -0.373 e. The number of carbonyl (C=O) groups is 2. The number of carbonyl (C=O) groups excluding carboxylic acids is 2. The van der Waals surface area contributed by atoms with Crippen LogP contribution < -0.4 is 10.6 Å². The van der Waals surface area contributed by atoms with Gasteiger partial charge in [-0.25, -0.2) is 4.98 Å². The van der Waals surface area contributed by atoms with E-state index in [2.05, 4.69) is 15.6 Å². The van der Waals surface area contributed by atoms with E-state index in [1.165, 1.54) is 0 Å². The third-order valence-electron chi connectivity index (χ3n) is 3.34. The van der Waals surface area contributed by atoms with Crippen molar-refractivity contribution in [2.75, 3.05) is 5.32 Å². The summed E-state index contributed by atoms with van der Waals surface area (Å²) in [6.07, 6.45) is 4.51. The van der Waals surface area contributed by atoms with Gasteiger partial charge in [-0.3, -0.25) is 14.9 Å². The van der Waals surface area contributed by atoms with Crippen LogP contribution in [0.5, 0.6) is 0 Å². The maximum absolute atomic E-state index is 11.7. The minimum atomic E-state index is -0.372. The van der Waals surface area contributed by atoms with Gasteiger partial charge in [0.1, 0.15) is 11.7 Å². The molecule has 6 heteroatoms. The second-order valence-corrected chi connectivity index (χ2v) is 4.67. The van der Waals surface area contributed by atoms with Crippen LogP contribution in [0.1, 0.15) is 12.8 Å². The van der Waals surface area contributed by atoms with E-state index < -0.39 is 0 Å². The van der Waals surface area contributed by atoms with Crippen LogP contribution in [0.25, 0.3) is 11.0 Å². The highest BCUT2D eigenvalue weighted by Crippen LogP contribution is 2.23. The molecule has 1 atom stereocenters. The number of hydrogen-bond donors (Lipinski definition) is 2. The Bertz CT molecular complexity index is 662. The van der Waals surface area contributed by atoms with Crippen molar-refractivity contribution in [1.29, 1.82) is 0 Å². The SMILES string of the molecule is Cn1ccc2c(NC3CCC(=O)NC3=O)ccnc21. The molecule has 0 bridgehead atoms. The molecule has 0 spiro atoms. The van der Waals surface area contributed by atoms with Gasteiger partial charge in [0.25, 0.3) is 0 Å². The first-order chi connectivity index (χ1) is 9.15. The number of nitrogens with zero attached hydrogens (tertiary/aromatic N) is 2. The normalized spacial score (nSPS) is 19.5. The lowest BCUT2D eigenvalue weighted by atomic mass is 10.1. The zero-order valence-corrected chi connectivity index (χ0v) is 10.5. The van der Waals surface area contributed by atoms with Gasteiger partial charge in [-0.2, -0.15) is 0 Å². The Morgan fingerprint density at radius 2 is 2.26 bits per heavy atom. The molecule has 2 N–H and O–H groups in total. The number of anilines is 1. The maximum atomic E-state index is 11.7. The lowest BCUT2D eigenvalue weighted by Crippen LogP contribution is -2.47. The largest absolute Gasteiger partial charge is 0.373 e. The van der Waals surface area contributed by atoms with Crippen molar-refractivity contribution in [2.24, 2.45) is 7.05 Å². The number of hydrogen-bond acceptors (Lipinski definition) is 4. The monoisotopic (exact) mass is 258 g/mol. The summed E-state index contributed by atoms with van der Waals surface area (Å²) in [6, 6.07) is 3.42. The van der Waals surface area contributed by atoms with E-state index in [0.29, 0.717) is 12.8 Å². The summed E-state index contributed by atoms with van der Waals surface area (Å²) in [5.41, 5.74) is 1.72. The fourth-order valence-electron chi connectivity index (χ4n) is 2.31. The Kier molecular flexibility index (Phi) is 2.70. The molecule has 0 aromatic carbocycles. The van der Waals surface area contributed by atoms with Crippen molar-refractivity contribution in [2.45, 2.75) is 18.9 Å². The lowest BCUT2D eigenvalue weighted by Gasteiger charge is -2.23. The highest BCUT2D eigenvalue weighted by atomic mass is 16.2. The van der Waals surface area contributed by atoms with Crippen LogP contribution in [-0.4, -0.2) is 27.4 Å². The smallest absolute Gasteiger partial charge is 0.249 e. The molecule has 3 heterocycles. The van der Waals surface area contributed by atoms with Gasteiger partial charge in [-0.05, 0) is 18.6 Å². The van der Waals surface area contributed by atoms with E-state index in [4.69, 9.17) is 0 Å². The summed E-state index contributed by atoms with van der Waals surface area (Å²) in [5.74, 6) is -0.472. The maximum Gasteiger partial charge on any atom is 0.249 e. The van der Waals surface area contributed by atoms with Crippen molar-refractivity contribution in [3.63, 3.8) is 0 Å². The van der Waals surface area contributed by atoms with Crippen LogP contribution >= 0.6 is 0 Å². The number of imide groups is 1. The average molecular weight is 258 g/mol. The summed E-state index contributed by atoms with van der Waals surface area (Å²) >= 11 is 0. The van der Waals surface area contributed by atoms with Crippen molar-refractivity contribution >= 4 is 28.5 Å². The second-order valence-electron chi connectivity index (χ2n) is 4.67. The average Bonchev–Trinajstić information content (AvgIpc) is 2.76. The second kappa shape index (κ2) is 4.38. The first-order valence-corrected chi connectivity index (χ1v) is 6.15. The third kappa shape index (κ3) is 2.05. The van der Waals surface area contributed by atoms with E-state index >= 15 is 0 Å². The number of nitrogens with one attached hydrogen (secondary N) is 2. The zero-order valence-electron chi connectivity index (χ0n) is 10.5. The van der Waals surface area contributed by atoms with Crippen molar-refractivity contribution in [3.05, 3.63) is 24.5 Å². The van der Waals surface area contributed by atoms with E-state index in [1.54, 1.807) is 6.20 Å². The molecule has 6 nitrogen and oxygen atoms in total. The van der Waals surface area contributed by atoms with Crippen LogP contribution in [-0.2, 0) is 16.6 Å². The summed E-state index contributed by atoms with van der Waals surface area (Å²) in [5, 5.41) is 6.50. The number of amides is 2. The van der Waals surface area contributed by atoms with Gasteiger partial charge in [0.2, 0.25) is 11.8 Å². The van der Waals surface area contributed by atoms with Gasteiger partial charge in [0, 0.05) is 36.9 Å². The van der Waals surface area contributed by atoms with Gasteiger partial charge in [0.15, 0.2) is 0 Å². The van der Waals surface area contributed by atoms with Gasteiger partial charge >= 0.3 is 0 Å². The van der Waals surface area contributed by atoms with E-state index in [1.807, 2.05) is 29.9 Å². The number of fused-ring (bicyclic) bond motifs is 1. The van der Waals surface area contributed by atoms with Gasteiger partial charge in [-0.15, -0.1) is 0 Å². The number of piperidine rings is 1. The third-order valence-corrected chi connectivity index (χ3v) is 3.34. The van der Waals surface area contributed by atoms with Crippen LogP contribution in [0, 0.1) is 0 Å². The quantitative estimate of drug-likeness (QED) is 0.781. The first-order valence-electron chi connectivity index (χ1n) is 6.15. The van der Waals surface area contributed by atoms with E-state index in [0.717, 1.165) is 16.7 Å². The topological polar surface area (TPSA) is 76.0 Å². The Labute approximate surface area is 109 Å². The van der Waals surface area contributed by atoms with E-state index in [9.17, 15) is 9.59 Å². The summed E-state index contributed by atoms with van der Waals surface area (Å²) in [6.45, 7) is 0. The predicted octanol–water partition coefficient (Wildman–Crippen LogP) is 0.790. The summed E-state index contributed by atoms with van der Waals surface area (Å²) in [4.78, 5) is 27.1. The Hall–Kier alpha value is -2.37. The van der Waals surface area contributed by atoms with Gasteiger partial charge in [-0.1, -0.05) is 0 Å². The molecule has 3 rings (SSSR count). The van der Waals surface area contributed by atoms with Crippen LogP contribution in [0.4, 0.5) is 5.69 Å². The molecule has 19 heavy (non-hydrogen) atoms. The molecular weight excluding hydrogens is 244 g/mol. The number of pyridine rings is 1. The van der Waals surface area contributed by atoms with E-state index in [-0.39, 0.29) is 17.9 Å². The highest BCUT2D eigenvalue weighted by Gasteiger charge is 2.26. The predicted molar refractivity (Wildman–Crippen MR) is 70.5 cm³/mol. The Morgan fingerprint density at radius 1 is 1.42 bits per heavy atom. The number of aryl methyl sites for hydroxylation is 1. The minimum absolute atomic E-state index is 0.206. The van der Waals surface area contributed by atoms with Crippen LogP contribution in [0.15, 0.2) is 24.5 Å². The Balaban J connectivity index is 1.89. The molecule has 2 aromatic rings. The molecule has 1 saturated heterocycles. The van der Waals surface area contributed by atoms with Gasteiger partial charge < -0.3 is 9.88 Å². The molecule has 0 saturated carbocycles. The van der Waals surface area contributed by atoms with Crippen LogP contribution in [0.2, 0.25) is 0 Å². The summed E-state index contributed by atoms with van der Waals surface area (Å²) in [7, 11) is 1.92. The van der Waals surface area contributed by atoms with Gasteiger partial charge in [0.05, 0.1) is 0 Å². The number of aromatic nitrogens is 2. The molecule has 98 valence electrons. The molecule has 1 unspecified atom stereocenters. The van der Waals surface area contributed by atoms with Crippen molar-refractivity contribution in [3.8, 4) is 0 Å². The fourth-order valence-corrected chi connectivity index (χ4v) is 2.31. The van der Waals surface area contributed by atoms with Crippen molar-refractivity contribution in [1.82, 2.24) is 14.9 Å². The Morgan fingerprint density at radius 3 is 3.05 bits per heavy atom. The molecule has 1 aliphatic rings. The van der Waals surface area contributed by atoms with Crippen molar-refractivity contribution < 1.29 is 9.59 Å². The first kappa shape index (κ1) is 11.7. The molecule has 2 amide bonds. The fraction of sp³-hybridized carbons (Fsp3) is 0.308. The summed E-state index contributed by atoms with van der Waals surface area (Å²) < 4.78 is 1.92. The molecule has 0 aliphatic carbocycles. The molecule has 1 fully saturated rings. The molecule has 2 aromatic heterocycles. The lowest BCUT2D eigenvalue weighted by molar-refractivity contribution is -0.133. The number of rotatable bonds is 2. The highest BCUT2D eigenvalue weighted by molar-refractivity contribution is 6.02. The molecule has 0 radical (unpaired) electrons.